The molecule has 202 valence electrons. The molecule has 0 saturated carbocycles. The molecule has 1 heterocycles. The molecule has 1 aliphatic heterocycles. The van der Waals surface area contributed by atoms with E-state index < -0.39 is 60.8 Å². The van der Waals surface area contributed by atoms with Crippen LogP contribution >= 0.6 is 0 Å². The smallest absolute Gasteiger partial charge is 0.283 e. The molecular weight excluding hydrogens is 496 g/mol. The number of hydrogen-bond acceptors (Lipinski definition) is 3. The van der Waals surface area contributed by atoms with Gasteiger partial charge in [0.25, 0.3) is 5.92 Å². The lowest BCUT2D eigenvalue weighted by Gasteiger charge is -2.43. The minimum atomic E-state index is -3.50. The number of ether oxygens (including phenoxy) is 1. The van der Waals surface area contributed by atoms with Crippen molar-refractivity contribution in [2.75, 3.05) is 26.4 Å². The summed E-state index contributed by atoms with van der Waals surface area (Å²) < 4.78 is 92.0. The summed E-state index contributed by atoms with van der Waals surface area (Å²) in [7, 11) is 0. The quantitative estimate of drug-likeness (QED) is 0.258. The van der Waals surface area contributed by atoms with Crippen molar-refractivity contribution in [3.8, 4) is 5.75 Å². The van der Waals surface area contributed by atoms with Gasteiger partial charge in [0.15, 0.2) is 11.6 Å². The average molecular weight is 528 g/mol. The van der Waals surface area contributed by atoms with E-state index in [0.717, 1.165) is 11.6 Å². The van der Waals surface area contributed by atoms with E-state index in [4.69, 9.17) is 4.74 Å². The first-order valence-corrected chi connectivity index (χ1v) is 12.6. The number of aliphatic hydroxyl groups is 1. The van der Waals surface area contributed by atoms with E-state index >= 15 is 8.78 Å². The number of halogens is 6. The van der Waals surface area contributed by atoms with Crippen LogP contribution in [-0.4, -0.2) is 48.4 Å². The Morgan fingerprint density at radius 3 is 2.54 bits per heavy atom. The zero-order valence-electron chi connectivity index (χ0n) is 20.7. The number of rotatable bonds is 11. The topological polar surface area (TPSA) is 32.7 Å². The molecule has 1 N–H and O–H groups in total. The highest BCUT2D eigenvalue weighted by Crippen LogP contribution is 2.50. The van der Waals surface area contributed by atoms with Gasteiger partial charge in [-0.3, -0.25) is 9.29 Å². The van der Waals surface area contributed by atoms with Crippen LogP contribution in [0.4, 0.5) is 26.3 Å². The van der Waals surface area contributed by atoms with Gasteiger partial charge < -0.3 is 9.84 Å². The standard InChI is InChI=1S/C28H31F6NO2/c1-17-12-21-20-14-19(30)7-6-18(20)13-22(21)27(35(17)15-28(33,34)16-36)25-23(31)8-9-24(26(25)32)37-11-5-3-2-4-10-29/h6-9,14,17,27,36H,2-5,10-13,15-16H2,1H3/t17-,27+/m1/s1. The van der Waals surface area contributed by atoms with Crippen LogP contribution in [0.2, 0.25) is 0 Å². The summed E-state index contributed by atoms with van der Waals surface area (Å²) in [5, 5.41) is 9.24. The van der Waals surface area contributed by atoms with E-state index in [1.807, 2.05) is 0 Å². The summed E-state index contributed by atoms with van der Waals surface area (Å²) in [4.78, 5) is 1.32. The molecule has 0 fully saturated rings. The molecule has 2 aliphatic rings. The molecule has 0 bridgehead atoms. The molecule has 1 aliphatic carbocycles. The van der Waals surface area contributed by atoms with E-state index in [1.165, 1.54) is 23.1 Å². The maximum Gasteiger partial charge on any atom is 0.283 e. The van der Waals surface area contributed by atoms with Gasteiger partial charge in [-0.1, -0.05) is 12.5 Å². The number of nitrogens with zero attached hydrogens (tertiary/aromatic N) is 1. The van der Waals surface area contributed by atoms with Crippen LogP contribution in [0, 0.1) is 17.5 Å². The Morgan fingerprint density at radius 2 is 1.81 bits per heavy atom. The maximum atomic E-state index is 15.9. The molecular formula is C28H31F6NO2. The zero-order valence-corrected chi connectivity index (χ0v) is 20.7. The molecule has 0 saturated heterocycles. The lowest BCUT2D eigenvalue weighted by Crippen LogP contribution is -2.48. The van der Waals surface area contributed by atoms with Crippen LogP contribution < -0.4 is 4.74 Å². The van der Waals surface area contributed by atoms with E-state index in [1.54, 1.807) is 13.0 Å². The van der Waals surface area contributed by atoms with Crippen molar-refractivity contribution in [2.45, 2.75) is 63.5 Å². The first-order chi connectivity index (χ1) is 17.7. The minimum Gasteiger partial charge on any atom is -0.491 e. The molecule has 3 nitrogen and oxygen atoms in total. The van der Waals surface area contributed by atoms with Gasteiger partial charge in [0.2, 0.25) is 0 Å². The second-order valence-corrected chi connectivity index (χ2v) is 9.85. The van der Waals surface area contributed by atoms with Gasteiger partial charge in [0.05, 0.1) is 25.9 Å². The third kappa shape index (κ3) is 5.82. The van der Waals surface area contributed by atoms with Crippen LogP contribution in [0.25, 0.3) is 5.57 Å². The molecule has 2 aromatic carbocycles. The normalized spacial score (nSPS) is 19.8. The van der Waals surface area contributed by atoms with Crippen LogP contribution in [0.1, 0.15) is 61.8 Å². The van der Waals surface area contributed by atoms with Crippen molar-refractivity contribution < 1.29 is 36.2 Å². The SMILES string of the molecule is C[C@@H]1CC2=C(Cc3ccc(F)cc32)[C@@H](c2c(F)ccc(OCCCCCCF)c2F)N1CC(F)(F)CO. The Bertz CT molecular complexity index is 1150. The van der Waals surface area contributed by atoms with E-state index in [0.29, 0.717) is 48.8 Å². The lowest BCUT2D eigenvalue weighted by molar-refractivity contribution is -0.0862. The molecule has 0 amide bonds. The van der Waals surface area contributed by atoms with Crippen LogP contribution in [0.15, 0.2) is 35.9 Å². The van der Waals surface area contributed by atoms with Crippen molar-refractivity contribution in [1.82, 2.24) is 4.90 Å². The van der Waals surface area contributed by atoms with E-state index in [2.05, 4.69) is 0 Å². The minimum absolute atomic E-state index is 0.139. The highest BCUT2D eigenvalue weighted by Gasteiger charge is 2.45. The number of benzene rings is 2. The molecule has 0 spiro atoms. The highest BCUT2D eigenvalue weighted by molar-refractivity contribution is 5.79. The van der Waals surface area contributed by atoms with Crippen molar-refractivity contribution in [3.63, 3.8) is 0 Å². The Morgan fingerprint density at radius 1 is 1.05 bits per heavy atom. The number of hydrogen-bond donors (Lipinski definition) is 1. The van der Waals surface area contributed by atoms with Crippen LogP contribution in [0.3, 0.4) is 0 Å². The molecule has 0 radical (unpaired) electrons. The first kappa shape index (κ1) is 27.5. The van der Waals surface area contributed by atoms with Gasteiger partial charge in [-0.05, 0) is 85.6 Å². The number of unbranched alkanes of at least 4 members (excludes halogenated alkanes) is 3. The largest absolute Gasteiger partial charge is 0.491 e. The Balaban J connectivity index is 1.73. The van der Waals surface area contributed by atoms with Crippen LogP contribution in [-0.2, 0) is 6.42 Å². The fraction of sp³-hybridized carbons (Fsp3) is 0.500. The fourth-order valence-corrected chi connectivity index (χ4v) is 5.39. The summed E-state index contributed by atoms with van der Waals surface area (Å²) in [6.07, 6.45) is 2.88. The lowest BCUT2D eigenvalue weighted by atomic mass is 9.84. The molecule has 4 rings (SSSR count). The van der Waals surface area contributed by atoms with Gasteiger partial charge >= 0.3 is 0 Å². The number of alkyl halides is 3. The van der Waals surface area contributed by atoms with Crippen molar-refractivity contribution in [2.24, 2.45) is 0 Å². The fourth-order valence-electron chi connectivity index (χ4n) is 5.39. The van der Waals surface area contributed by atoms with E-state index in [-0.39, 0.29) is 18.8 Å². The van der Waals surface area contributed by atoms with Crippen molar-refractivity contribution >= 4 is 5.57 Å². The monoisotopic (exact) mass is 527 g/mol. The Hall–Kier alpha value is -2.52. The van der Waals surface area contributed by atoms with Gasteiger partial charge in [-0.25, -0.2) is 22.0 Å². The maximum absolute atomic E-state index is 15.9. The number of aliphatic hydroxyl groups excluding tert-OH is 1. The van der Waals surface area contributed by atoms with Crippen molar-refractivity contribution in [3.05, 3.63) is 70.0 Å². The van der Waals surface area contributed by atoms with Gasteiger partial charge in [-0.15, -0.1) is 0 Å². The van der Waals surface area contributed by atoms with Gasteiger partial charge in [0, 0.05) is 11.6 Å². The Kier molecular flexibility index (Phi) is 8.53. The Labute approximate surface area is 212 Å². The van der Waals surface area contributed by atoms with Gasteiger partial charge in [-0.2, -0.15) is 0 Å². The predicted molar refractivity (Wildman–Crippen MR) is 129 cm³/mol. The second-order valence-electron chi connectivity index (χ2n) is 9.85. The van der Waals surface area contributed by atoms with Crippen LogP contribution in [0.5, 0.6) is 5.75 Å². The molecule has 2 aromatic rings. The third-order valence-electron chi connectivity index (χ3n) is 7.19. The summed E-state index contributed by atoms with van der Waals surface area (Å²) in [5.74, 6) is -6.03. The molecule has 0 aromatic heterocycles. The molecule has 37 heavy (non-hydrogen) atoms. The molecule has 9 heteroatoms. The zero-order chi connectivity index (χ0) is 26.7. The summed E-state index contributed by atoms with van der Waals surface area (Å²) in [6.45, 7) is -0.904. The summed E-state index contributed by atoms with van der Waals surface area (Å²) >= 11 is 0. The highest BCUT2D eigenvalue weighted by atomic mass is 19.3. The van der Waals surface area contributed by atoms with Gasteiger partial charge in [0.1, 0.15) is 18.2 Å². The first-order valence-electron chi connectivity index (χ1n) is 12.6. The summed E-state index contributed by atoms with van der Waals surface area (Å²) in [6, 6.07) is 4.73. The van der Waals surface area contributed by atoms with Crippen molar-refractivity contribution in [1.29, 1.82) is 0 Å². The molecule has 0 unspecified atom stereocenters. The second kappa shape index (κ2) is 11.5. The number of fused-ring (bicyclic) bond motifs is 2. The predicted octanol–water partition coefficient (Wildman–Crippen LogP) is 6.79. The third-order valence-corrected chi connectivity index (χ3v) is 7.19. The van der Waals surface area contributed by atoms with E-state index in [9.17, 15) is 22.7 Å². The summed E-state index contributed by atoms with van der Waals surface area (Å²) in [5.41, 5.74) is 2.22. The molecule has 2 atom stereocenters. The average Bonchev–Trinajstić information content (AvgIpc) is 3.21.